The molecule has 25 heavy (non-hydrogen) atoms. The van der Waals surface area contributed by atoms with Gasteiger partial charge in [0.2, 0.25) is 0 Å². The van der Waals surface area contributed by atoms with Crippen molar-refractivity contribution in [1.29, 1.82) is 5.26 Å². The van der Waals surface area contributed by atoms with Gasteiger partial charge in [0.15, 0.2) is 0 Å². The number of hydrogen-bond donors (Lipinski definition) is 0. The van der Waals surface area contributed by atoms with Crippen molar-refractivity contribution in [3.63, 3.8) is 0 Å². The number of benzene rings is 2. The van der Waals surface area contributed by atoms with E-state index in [4.69, 9.17) is 5.26 Å². The number of alkyl halides is 3. The topological polar surface area (TPSA) is 44.1 Å². The summed E-state index contributed by atoms with van der Waals surface area (Å²) in [6, 6.07) is 13.4. The summed E-state index contributed by atoms with van der Waals surface area (Å²) in [6.07, 6.45) is -2.91. The number of amides is 1. The van der Waals surface area contributed by atoms with E-state index in [9.17, 15) is 18.0 Å². The third-order valence-corrected chi connectivity index (χ3v) is 4.15. The maximum Gasteiger partial charge on any atom is 0.416 e. The first-order chi connectivity index (χ1) is 11.9. The molecule has 2 aromatic rings. The van der Waals surface area contributed by atoms with Crippen molar-refractivity contribution >= 4 is 5.91 Å². The van der Waals surface area contributed by atoms with Gasteiger partial charge in [0.05, 0.1) is 17.2 Å². The second-order valence-corrected chi connectivity index (χ2v) is 6.01. The van der Waals surface area contributed by atoms with E-state index >= 15 is 0 Å². The molecule has 128 valence electrons. The number of nitriles is 1. The van der Waals surface area contributed by atoms with E-state index in [2.05, 4.69) is 0 Å². The Morgan fingerprint density at radius 3 is 2.52 bits per heavy atom. The van der Waals surface area contributed by atoms with Crippen LogP contribution in [0.5, 0.6) is 0 Å². The number of rotatable bonds is 4. The molecule has 1 fully saturated rings. The Bertz CT molecular complexity index is 835. The van der Waals surface area contributed by atoms with Crippen molar-refractivity contribution in [1.82, 2.24) is 4.90 Å². The molecule has 0 atom stereocenters. The lowest BCUT2D eigenvalue weighted by molar-refractivity contribution is -0.138. The predicted octanol–water partition coefficient (Wildman–Crippen LogP) is 4.38. The van der Waals surface area contributed by atoms with Gasteiger partial charge in [0.25, 0.3) is 5.91 Å². The molecule has 0 saturated heterocycles. The fourth-order valence-corrected chi connectivity index (χ4v) is 2.76. The zero-order valence-electron chi connectivity index (χ0n) is 13.3. The highest BCUT2D eigenvalue weighted by atomic mass is 19.4. The van der Waals surface area contributed by atoms with Crippen LogP contribution in [-0.4, -0.2) is 16.8 Å². The number of hydrogen-bond acceptors (Lipinski definition) is 2. The van der Waals surface area contributed by atoms with Crippen molar-refractivity contribution in [3.05, 3.63) is 70.8 Å². The highest BCUT2D eigenvalue weighted by Crippen LogP contribution is 2.35. The molecule has 2 aromatic carbocycles. The van der Waals surface area contributed by atoms with Crippen LogP contribution in [-0.2, 0) is 12.7 Å². The van der Waals surface area contributed by atoms with Crippen LogP contribution in [0.4, 0.5) is 13.2 Å². The highest BCUT2D eigenvalue weighted by molar-refractivity contribution is 5.95. The van der Waals surface area contributed by atoms with E-state index in [-0.39, 0.29) is 24.1 Å². The molecule has 0 heterocycles. The average molecular weight is 344 g/mol. The Balaban J connectivity index is 1.91. The third kappa shape index (κ3) is 3.82. The number of nitrogens with zero attached hydrogens (tertiary/aromatic N) is 2. The molecule has 0 aromatic heterocycles. The first-order valence-electron chi connectivity index (χ1n) is 7.86. The Labute approximate surface area is 143 Å². The minimum Gasteiger partial charge on any atom is -0.331 e. The molecule has 1 saturated carbocycles. The standard InChI is InChI=1S/C19H15F3N2O/c20-19(21,22)17-7-2-1-5-15(17)12-24(16-8-9-16)18(25)14-6-3-4-13(10-14)11-23/h1-7,10,16H,8-9,12H2. The van der Waals surface area contributed by atoms with E-state index in [1.165, 1.54) is 29.2 Å². The fraction of sp³-hybridized carbons (Fsp3) is 0.263. The van der Waals surface area contributed by atoms with Crippen LogP contribution in [0.1, 0.15) is 39.9 Å². The molecule has 0 spiro atoms. The van der Waals surface area contributed by atoms with Crippen molar-refractivity contribution in [2.75, 3.05) is 0 Å². The van der Waals surface area contributed by atoms with Crippen LogP contribution in [0.3, 0.4) is 0 Å². The zero-order chi connectivity index (χ0) is 18.0. The summed E-state index contributed by atoms with van der Waals surface area (Å²) in [5.41, 5.74) is 0.0126. The van der Waals surface area contributed by atoms with Gasteiger partial charge >= 0.3 is 6.18 Å². The molecular formula is C19H15F3N2O. The Kier molecular flexibility index (Phi) is 4.49. The van der Waals surface area contributed by atoms with Gasteiger partial charge in [-0.05, 0) is 42.7 Å². The van der Waals surface area contributed by atoms with E-state index in [0.717, 1.165) is 18.9 Å². The van der Waals surface area contributed by atoms with Gasteiger partial charge in [-0.25, -0.2) is 0 Å². The maximum atomic E-state index is 13.2. The number of carbonyl (C=O) groups is 1. The van der Waals surface area contributed by atoms with Gasteiger partial charge in [-0.2, -0.15) is 18.4 Å². The van der Waals surface area contributed by atoms with Crippen molar-refractivity contribution in [2.24, 2.45) is 0 Å². The smallest absolute Gasteiger partial charge is 0.331 e. The molecule has 1 amide bonds. The molecule has 0 radical (unpaired) electrons. The van der Waals surface area contributed by atoms with E-state index < -0.39 is 11.7 Å². The Morgan fingerprint density at radius 2 is 1.88 bits per heavy atom. The number of halogens is 3. The van der Waals surface area contributed by atoms with Gasteiger partial charge in [-0.15, -0.1) is 0 Å². The molecule has 0 unspecified atom stereocenters. The fourth-order valence-electron chi connectivity index (χ4n) is 2.76. The summed E-state index contributed by atoms with van der Waals surface area (Å²) >= 11 is 0. The van der Waals surface area contributed by atoms with Gasteiger partial charge in [0, 0.05) is 18.2 Å². The lowest BCUT2D eigenvalue weighted by Gasteiger charge is -2.24. The normalized spacial score (nSPS) is 14.0. The summed E-state index contributed by atoms with van der Waals surface area (Å²) < 4.78 is 39.6. The zero-order valence-corrected chi connectivity index (χ0v) is 13.3. The lowest BCUT2D eigenvalue weighted by atomic mass is 10.1. The largest absolute Gasteiger partial charge is 0.416 e. The molecule has 1 aliphatic carbocycles. The van der Waals surface area contributed by atoms with Gasteiger partial charge in [-0.1, -0.05) is 24.3 Å². The van der Waals surface area contributed by atoms with Crippen molar-refractivity contribution in [2.45, 2.75) is 31.6 Å². The number of carbonyl (C=O) groups excluding carboxylic acids is 1. The highest BCUT2D eigenvalue weighted by Gasteiger charge is 2.37. The van der Waals surface area contributed by atoms with E-state index in [0.29, 0.717) is 11.1 Å². The molecule has 0 aliphatic heterocycles. The summed E-state index contributed by atoms with van der Waals surface area (Å²) in [7, 11) is 0. The summed E-state index contributed by atoms with van der Waals surface area (Å²) in [6.45, 7) is -0.101. The van der Waals surface area contributed by atoms with Crippen LogP contribution < -0.4 is 0 Å². The molecule has 3 nitrogen and oxygen atoms in total. The van der Waals surface area contributed by atoms with Crippen LogP contribution in [0, 0.1) is 11.3 Å². The minimum absolute atomic E-state index is 0.0560. The molecule has 6 heteroatoms. The average Bonchev–Trinajstić information content (AvgIpc) is 3.43. The van der Waals surface area contributed by atoms with Gasteiger partial charge < -0.3 is 4.90 Å². The van der Waals surface area contributed by atoms with Crippen LogP contribution in [0.2, 0.25) is 0 Å². The lowest BCUT2D eigenvalue weighted by Crippen LogP contribution is -2.33. The second-order valence-electron chi connectivity index (χ2n) is 6.01. The monoisotopic (exact) mass is 344 g/mol. The quantitative estimate of drug-likeness (QED) is 0.826. The minimum atomic E-state index is -4.46. The molecule has 3 rings (SSSR count). The SMILES string of the molecule is N#Cc1cccc(C(=O)N(Cc2ccccc2C(F)(F)F)C2CC2)c1. The van der Waals surface area contributed by atoms with Crippen molar-refractivity contribution in [3.8, 4) is 6.07 Å². The first-order valence-corrected chi connectivity index (χ1v) is 7.86. The Hall–Kier alpha value is -2.81. The van der Waals surface area contributed by atoms with Crippen LogP contribution >= 0.6 is 0 Å². The third-order valence-electron chi connectivity index (χ3n) is 4.15. The summed E-state index contributed by atoms with van der Waals surface area (Å²) in [4.78, 5) is 14.3. The second kappa shape index (κ2) is 6.60. The first kappa shape index (κ1) is 17.0. The molecular weight excluding hydrogens is 329 g/mol. The molecule has 0 N–H and O–H groups in total. The maximum absolute atomic E-state index is 13.2. The molecule has 1 aliphatic rings. The van der Waals surface area contributed by atoms with Crippen LogP contribution in [0.15, 0.2) is 48.5 Å². The van der Waals surface area contributed by atoms with E-state index in [1.807, 2.05) is 6.07 Å². The summed E-state index contributed by atoms with van der Waals surface area (Å²) in [5.74, 6) is -0.350. The Morgan fingerprint density at radius 1 is 1.16 bits per heavy atom. The van der Waals surface area contributed by atoms with Crippen molar-refractivity contribution < 1.29 is 18.0 Å². The van der Waals surface area contributed by atoms with E-state index in [1.54, 1.807) is 18.2 Å². The molecule has 0 bridgehead atoms. The van der Waals surface area contributed by atoms with Gasteiger partial charge in [0.1, 0.15) is 0 Å². The summed E-state index contributed by atoms with van der Waals surface area (Å²) in [5, 5.41) is 8.97. The van der Waals surface area contributed by atoms with Crippen LogP contribution in [0.25, 0.3) is 0 Å². The predicted molar refractivity (Wildman–Crippen MR) is 85.5 cm³/mol. The van der Waals surface area contributed by atoms with Gasteiger partial charge in [-0.3, -0.25) is 4.79 Å².